The van der Waals surface area contributed by atoms with Crippen molar-refractivity contribution in [3.8, 4) is 0 Å². The Labute approximate surface area is 58.4 Å². The van der Waals surface area contributed by atoms with Crippen LogP contribution in [0.5, 0.6) is 0 Å². The zero-order valence-corrected chi connectivity index (χ0v) is 5.86. The molecule has 3 heteroatoms. The van der Waals surface area contributed by atoms with Gasteiger partial charge in [0.15, 0.2) is 0 Å². The van der Waals surface area contributed by atoms with Gasteiger partial charge in [-0.15, -0.1) is 0 Å². The fraction of sp³-hybridized carbons (Fsp3) is 1.00. The van der Waals surface area contributed by atoms with Gasteiger partial charge in [0.25, 0.3) is 5.92 Å². The lowest BCUT2D eigenvalue weighted by Gasteiger charge is -1.94. The summed E-state index contributed by atoms with van der Waals surface area (Å²) >= 11 is 0. The predicted octanol–water partition coefficient (Wildman–Crippen LogP) is 1.68. The van der Waals surface area contributed by atoms with Crippen LogP contribution in [0.2, 0.25) is 0 Å². The molecule has 2 rings (SSSR count). The Hall–Kier alpha value is -0.180. The third kappa shape index (κ3) is 0.590. The maximum Gasteiger partial charge on any atom is 0.255 e. The maximum absolute atomic E-state index is 12.5. The van der Waals surface area contributed by atoms with E-state index in [1.165, 1.54) is 0 Å². The Morgan fingerprint density at radius 2 is 2.20 bits per heavy atom. The summed E-state index contributed by atoms with van der Waals surface area (Å²) in [6, 6.07) is 0. The van der Waals surface area contributed by atoms with Crippen LogP contribution in [-0.2, 0) is 4.74 Å². The average molecular weight is 148 g/mol. The first-order chi connectivity index (χ1) is 4.62. The first-order valence-corrected chi connectivity index (χ1v) is 3.49. The van der Waals surface area contributed by atoms with Crippen molar-refractivity contribution in [2.45, 2.75) is 18.8 Å². The van der Waals surface area contributed by atoms with Gasteiger partial charge in [-0.3, -0.25) is 0 Å². The van der Waals surface area contributed by atoms with Crippen molar-refractivity contribution >= 4 is 0 Å². The van der Waals surface area contributed by atoms with E-state index >= 15 is 0 Å². The van der Waals surface area contributed by atoms with Gasteiger partial charge in [-0.25, -0.2) is 8.78 Å². The van der Waals surface area contributed by atoms with Gasteiger partial charge in [0.05, 0.1) is 0 Å². The van der Waals surface area contributed by atoms with Crippen LogP contribution in [0.4, 0.5) is 8.78 Å². The van der Waals surface area contributed by atoms with Crippen LogP contribution >= 0.6 is 0 Å². The second-order valence-electron chi connectivity index (χ2n) is 3.39. The SMILES string of the molecule is COCC1CC12CC2(F)F. The summed E-state index contributed by atoms with van der Waals surface area (Å²) in [5, 5.41) is 0. The minimum absolute atomic E-state index is 0.105. The maximum atomic E-state index is 12.5. The molecule has 2 aliphatic rings. The molecule has 10 heavy (non-hydrogen) atoms. The van der Waals surface area contributed by atoms with Crippen molar-refractivity contribution in [2.24, 2.45) is 11.3 Å². The molecule has 0 amide bonds. The molecule has 2 atom stereocenters. The van der Waals surface area contributed by atoms with E-state index in [9.17, 15) is 8.78 Å². The van der Waals surface area contributed by atoms with E-state index in [-0.39, 0.29) is 12.3 Å². The van der Waals surface area contributed by atoms with Gasteiger partial charge >= 0.3 is 0 Å². The summed E-state index contributed by atoms with van der Waals surface area (Å²) in [5.74, 6) is -2.21. The molecule has 0 saturated heterocycles. The molecule has 0 aromatic heterocycles. The Morgan fingerprint density at radius 1 is 1.60 bits per heavy atom. The monoisotopic (exact) mass is 148 g/mol. The number of rotatable bonds is 2. The molecule has 0 aliphatic heterocycles. The minimum atomic E-state index is -2.35. The largest absolute Gasteiger partial charge is 0.384 e. The van der Waals surface area contributed by atoms with Crippen molar-refractivity contribution in [2.75, 3.05) is 13.7 Å². The molecule has 0 aromatic rings. The molecule has 58 valence electrons. The Morgan fingerprint density at radius 3 is 2.50 bits per heavy atom. The van der Waals surface area contributed by atoms with Crippen molar-refractivity contribution in [1.82, 2.24) is 0 Å². The molecule has 2 aliphatic carbocycles. The zero-order chi connectivity index (χ0) is 7.41. The molecule has 0 N–H and O–H groups in total. The van der Waals surface area contributed by atoms with Crippen LogP contribution in [0, 0.1) is 11.3 Å². The molecule has 0 heterocycles. The van der Waals surface area contributed by atoms with Gasteiger partial charge in [-0.2, -0.15) is 0 Å². The second-order valence-corrected chi connectivity index (χ2v) is 3.39. The van der Waals surface area contributed by atoms with E-state index in [1.807, 2.05) is 0 Å². The molecular weight excluding hydrogens is 138 g/mol. The normalized spacial score (nSPS) is 47.7. The Balaban J connectivity index is 1.91. The molecule has 1 spiro atoms. The van der Waals surface area contributed by atoms with Crippen LogP contribution in [0.15, 0.2) is 0 Å². The second kappa shape index (κ2) is 1.52. The quantitative estimate of drug-likeness (QED) is 0.579. The van der Waals surface area contributed by atoms with Gasteiger partial charge in [0.2, 0.25) is 0 Å². The first kappa shape index (κ1) is 6.53. The molecule has 2 unspecified atom stereocenters. The highest BCUT2D eigenvalue weighted by Gasteiger charge is 2.83. The molecule has 0 bridgehead atoms. The van der Waals surface area contributed by atoms with E-state index in [2.05, 4.69) is 0 Å². The lowest BCUT2D eigenvalue weighted by Crippen LogP contribution is -1.99. The van der Waals surface area contributed by atoms with Gasteiger partial charge in [-0.05, 0) is 12.3 Å². The highest BCUT2D eigenvalue weighted by molar-refractivity contribution is 5.24. The predicted molar refractivity (Wildman–Crippen MR) is 32.0 cm³/mol. The highest BCUT2D eigenvalue weighted by atomic mass is 19.3. The van der Waals surface area contributed by atoms with E-state index in [1.54, 1.807) is 7.11 Å². The van der Waals surface area contributed by atoms with Crippen LogP contribution < -0.4 is 0 Å². The van der Waals surface area contributed by atoms with Crippen LogP contribution in [0.3, 0.4) is 0 Å². The summed E-state index contributed by atoms with van der Waals surface area (Å²) in [7, 11) is 1.56. The summed E-state index contributed by atoms with van der Waals surface area (Å²) in [4.78, 5) is 0. The van der Waals surface area contributed by atoms with Crippen molar-refractivity contribution in [3.63, 3.8) is 0 Å². The molecular formula is C7H10F2O. The number of hydrogen-bond donors (Lipinski definition) is 0. The summed E-state index contributed by atoms with van der Waals surface area (Å²) in [6.45, 7) is 0.510. The van der Waals surface area contributed by atoms with E-state index in [4.69, 9.17) is 4.74 Å². The molecule has 2 saturated carbocycles. The zero-order valence-electron chi connectivity index (χ0n) is 5.86. The van der Waals surface area contributed by atoms with E-state index in [0.717, 1.165) is 0 Å². The summed E-state index contributed by atoms with van der Waals surface area (Å²) < 4.78 is 29.8. The van der Waals surface area contributed by atoms with Crippen molar-refractivity contribution in [1.29, 1.82) is 0 Å². The average Bonchev–Trinajstić information content (AvgIpc) is 2.55. The third-order valence-electron chi connectivity index (χ3n) is 2.74. The molecule has 0 radical (unpaired) electrons. The Kier molecular flexibility index (Phi) is 0.994. The van der Waals surface area contributed by atoms with Gasteiger partial charge in [0, 0.05) is 25.6 Å². The number of ether oxygens (including phenoxy) is 1. The molecule has 2 fully saturated rings. The van der Waals surface area contributed by atoms with Crippen LogP contribution in [0.25, 0.3) is 0 Å². The number of hydrogen-bond acceptors (Lipinski definition) is 1. The van der Waals surface area contributed by atoms with Crippen LogP contribution in [-0.4, -0.2) is 19.6 Å². The van der Waals surface area contributed by atoms with E-state index < -0.39 is 11.3 Å². The van der Waals surface area contributed by atoms with Gasteiger partial charge in [-0.1, -0.05) is 0 Å². The van der Waals surface area contributed by atoms with Crippen molar-refractivity contribution < 1.29 is 13.5 Å². The summed E-state index contributed by atoms with van der Waals surface area (Å²) in [6.07, 6.45) is 0.780. The third-order valence-corrected chi connectivity index (χ3v) is 2.74. The number of halogens is 2. The lowest BCUT2D eigenvalue weighted by molar-refractivity contribution is 0.0819. The fourth-order valence-corrected chi connectivity index (χ4v) is 1.82. The molecule has 0 aromatic carbocycles. The highest BCUT2D eigenvalue weighted by Crippen LogP contribution is 2.79. The Bertz CT molecular complexity index is 169. The number of alkyl halides is 2. The fourth-order valence-electron chi connectivity index (χ4n) is 1.82. The number of methoxy groups -OCH3 is 1. The molecule has 1 nitrogen and oxygen atoms in total. The first-order valence-electron chi connectivity index (χ1n) is 3.49. The van der Waals surface area contributed by atoms with Gasteiger partial charge in [0.1, 0.15) is 0 Å². The van der Waals surface area contributed by atoms with Gasteiger partial charge < -0.3 is 4.74 Å². The standard InChI is InChI=1S/C7H10F2O/c1-10-3-5-2-6(5)4-7(6,8)9/h5H,2-4H2,1H3. The topological polar surface area (TPSA) is 9.23 Å². The smallest absolute Gasteiger partial charge is 0.255 e. The minimum Gasteiger partial charge on any atom is -0.384 e. The van der Waals surface area contributed by atoms with E-state index in [0.29, 0.717) is 13.0 Å². The summed E-state index contributed by atoms with van der Waals surface area (Å²) in [5.41, 5.74) is -0.594. The van der Waals surface area contributed by atoms with Crippen LogP contribution in [0.1, 0.15) is 12.8 Å². The lowest BCUT2D eigenvalue weighted by atomic mass is 10.3. The van der Waals surface area contributed by atoms with Crippen molar-refractivity contribution in [3.05, 3.63) is 0 Å².